The minimum Gasteiger partial charge on any atom is -0.386 e. The summed E-state index contributed by atoms with van der Waals surface area (Å²) in [5.41, 5.74) is 0.920. The smallest absolute Gasteiger partial charge is 0.105 e. The molecule has 1 aliphatic heterocycles. The molecule has 106 valence electrons. The van der Waals surface area contributed by atoms with E-state index in [4.69, 9.17) is 9.47 Å². The van der Waals surface area contributed by atoms with Gasteiger partial charge in [-0.2, -0.15) is 0 Å². The highest BCUT2D eigenvalue weighted by Crippen LogP contribution is 2.26. The fourth-order valence-electron chi connectivity index (χ4n) is 2.45. The third-order valence-corrected chi connectivity index (χ3v) is 3.66. The summed E-state index contributed by atoms with van der Waals surface area (Å²) in [4.78, 5) is 0. The van der Waals surface area contributed by atoms with Crippen LogP contribution in [0.2, 0.25) is 0 Å². The second-order valence-electron chi connectivity index (χ2n) is 5.63. The lowest BCUT2D eigenvalue weighted by Crippen LogP contribution is -2.30. The second-order valence-corrected chi connectivity index (χ2v) is 5.63. The Morgan fingerprint density at radius 3 is 2.63 bits per heavy atom. The van der Waals surface area contributed by atoms with E-state index in [9.17, 15) is 5.11 Å². The van der Waals surface area contributed by atoms with E-state index in [-0.39, 0.29) is 12.0 Å². The van der Waals surface area contributed by atoms with Crippen LogP contribution in [0.5, 0.6) is 0 Å². The van der Waals surface area contributed by atoms with Crippen molar-refractivity contribution in [2.24, 2.45) is 11.8 Å². The first-order valence-electron chi connectivity index (χ1n) is 7.11. The second kappa shape index (κ2) is 7.04. The molecular weight excluding hydrogens is 240 g/mol. The Kier molecular flexibility index (Phi) is 5.37. The standard InChI is InChI=1S/C16H24O3/c1-12(2)16(19-11-13-8-9-18-10-13)15(17)14-6-4-3-5-7-14/h3-7,12-13,15-17H,8-11H2,1-2H3. The summed E-state index contributed by atoms with van der Waals surface area (Å²) in [6.07, 6.45) is 0.332. The Morgan fingerprint density at radius 2 is 2.05 bits per heavy atom. The molecule has 2 rings (SSSR count). The van der Waals surface area contributed by atoms with Gasteiger partial charge < -0.3 is 14.6 Å². The van der Waals surface area contributed by atoms with Crippen molar-refractivity contribution in [1.82, 2.24) is 0 Å². The molecule has 0 aromatic heterocycles. The fourth-order valence-corrected chi connectivity index (χ4v) is 2.45. The predicted molar refractivity (Wildman–Crippen MR) is 74.9 cm³/mol. The van der Waals surface area contributed by atoms with Gasteiger partial charge >= 0.3 is 0 Å². The summed E-state index contributed by atoms with van der Waals surface area (Å²) in [7, 11) is 0. The van der Waals surface area contributed by atoms with E-state index >= 15 is 0 Å². The molecule has 3 atom stereocenters. The van der Waals surface area contributed by atoms with Gasteiger partial charge in [0.1, 0.15) is 6.10 Å². The zero-order valence-electron chi connectivity index (χ0n) is 11.8. The fraction of sp³-hybridized carbons (Fsp3) is 0.625. The van der Waals surface area contributed by atoms with Gasteiger partial charge in [0.05, 0.1) is 19.3 Å². The van der Waals surface area contributed by atoms with Crippen LogP contribution >= 0.6 is 0 Å². The molecule has 1 N–H and O–H groups in total. The average Bonchev–Trinajstić information content (AvgIpc) is 2.92. The lowest BCUT2D eigenvalue weighted by atomic mass is 9.96. The lowest BCUT2D eigenvalue weighted by molar-refractivity contribution is -0.0741. The normalized spacial score (nSPS) is 22.6. The molecule has 0 amide bonds. The minimum absolute atomic E-state index is 0.164. The molecule has 19 heavy (non-hydrogen) atoms. The van der Waals surface area contributed by atoms with Gasteiger partial charge in [-0.3, -0.25) is 0 Å². The van der Waals surface area contributed by atoms with E-state index in [1.165, 1.54) is 0 Å². The van der Waals surface area contributed by atoms with Crippen molar-refractivity contribution in [2.75, 3.05) is 19.8 Å². The molecule has 1 aliphatic rings. The molecule has 0 bridgehead atoms. The van der Waals surface area contributed by atoms with Crippen molar-refractivity contribution in [3.63, 3.8) is 0 Å². The van der Waals surface area contributed by atoms with Crippen LogP contribution in [0.4, 0.5) is 0 Å². The SMILES string of the molecule is CC(C)C(OCC1CCOC1)C(O)c1ccccc1. The van der Waals surface area contributed by atoms with Crippen molar-refractivity contribution in [2.45, 2.75) is 32.5 Å². The molecule has 0 spiro atoms. The Bertz CT molecular complexity index is 358. The third-order valence-electron chi connectivity index (χ3n) is 3.66. The van der Waals surface area contributed by atoms with Crippen LogP contribution in [0.15, 0.2) is 30.3 Å². The van der Waals surface area contributed by atoms with Gasteiger partial charge in [-0.05, 0) is 17.9 Å². The van der Waals surface area contributed by atoms with Crippen LogP contribution in [0.25, 0.3) is 0 Å². The van der Waals surface area contributed by atoms with Gasteiger partial charge in [0.15, 0.2) is 0 Å². The first-order chi connectivity index (χ1) is 9.18. The number of rotatable bonds is 6. The van der Waals surface area contributed by atoms with Crippen molar-refractivity contribution in [3.05, 3.63) is 35.9 Å². The molecule has 3 heteroatoms. The van der Waals surface area contributed by atoms with Gasteiger partial charge in [-0.15, -0.1) is 0 Å². The number of ether oxygens (including phenoxy) is 2. The summed E-state index contributed by atoms with van der Waals surface area (Å²) < 4.78 is 11.3. The highest BCUT2D eigenvalue weighted by atomic mass is 16.5. The molecule has 0 saturated carbocycles. The van der Waals surface area contributed by atoms with Crippen LogP contribution in [0, 0.1) is 11.8 Å². The van der Waals surface area contributed by atoms with Crippen LogP contribution in [-0.4, -0.2) is 31.0 Å². The minimum atomic E-state index is -0.566. The maximum atomic E-state index is 10.5. The molecule has 1 aromatic rings. The molecule has 0 radical (unpaired) electrons. The monoisotopic (exact) mass is 264 g/mol. The Hall–Kier alpha value is -0.900. The highest BCUT2D eigenvalue weighted by Gasteiger charge is 2.26. The van der Waals surface area contributed by atoms with Crippen molar-refractivity contribution >= 4 is 0 Å². The maximum Gasteiger partial charge on any atom is 0.105 e. The van der Waals surface area contributed by atoms with Gasteiger partial charge in [0.25, 0.3) is 0 Å². The summed E-state index contributed by atoms with van der Waals surface area (Å²) >= 11 is 0. The zero-order chi connectivity index (χ0) is 13.7. The van der Waals surface area contributed by atoms with Crippen molar-refractivity contribution < 1.29 is 14.6 Å². The van der Waals surface area contributed by atoms with Gasteiger partial charge in [-0.1, -0.05) is 44.2 Å². The first kappa shape index (κ1) is 14.5. The zero-order valence-corrected chi connectivity index (χ0v) is 11.8. The van der Waals surface area contributed by atoms with Gasteiger partial charge in [0.2, 0.25) is 0 Å². The summed E-state index contributed by atoms with van der Waals surface area (Å²) in [5.74, 6) is 0.752. The summed E-state index contributed by atoms with van der Waals surface area (Å²) in [6.45, 7) is 6.46. The Labute approximate surface area is 115 Å². The largest absolute Gasteiger partial charge is 0.386 e. The summed E-state index contributed by atoms with van der Waals surface area (Å²) in [5, 5.41) is 10.5. The van der Waals surface area contributed by atoms with E-state index in [0.29, 0.717) is 12.5 Å². The number of aliphatic hydroxyl groups is 1. The number of benzene rings is 1. The quantitative estimate of drug-likeness (QED) is 0.858. The number of hydrogen-bond acceptors (Lipinski definition) is 3. The average molecular weight is 264 g/mol. The van der Waals surface area contributed by atoms with Crippen molar-refractivity contribution in [3.8, 4) is 0 Å². The van der Waals surface area contributed by atoms with Crippen LogP contribution in [0.3, 0.4) is 0 Å². The van der Waals surface area contributed by atoms with Gasteiger partial charge in [0, 0.05) is 12.5 Å². The van der Waals surface area contributed by atoms with Crippen LogP contribution < -0.4 is 0 Å². The van der Waals surface area contributed by atoms with E-state index in [1.807, 2.05) is 30.3 Å². The van der Waals surface area contributed by atoms with E-state index in [2.05, 4.69) is 13.8 Å². The topological polar surface area (TPSA) is 38.7 Å². The lowest BCUT2D eigenvalue weighted by Gasteiger charge is -2.28. The van der Waals surface area contributed by atoms with Crippen molar-refractivity contribution in [1.29, 1.82) is 0 Å². The molecule has 1 heterocycles. The Balaban J connectivity index is 1.94. The predicted octanol–water partition coefficient (Wildman–Crippen LogP) is 2.80. The number of hydrogen-bond donors (Lipinski definition) is 1. The molecule has 1 saturated heterocycles. The molecule has 1 aromatic carbocycles. The molecule has 0 aliphatic carbocycles. The molecule has 3 nitrogen and oxygen atoms in total. The van der Waals surface area contributed by atoms with E-state index in [0.717, 1.165) is 25.2 Å². The third kappa shape index (κ3) is 4.03. The molecular formula is C16H24O3. The maximum absolute atomic E-state index is 10.5. The number of aliphatic hydroxyl groups excluding tert-OH is 1. The Morgan fingerprint density at radius 1 is 1.32 bits per heavy atom. The highest BCUT2D eigenvalue weighted by molar-refractivity contribution is 5.18. The van der Waals surface area contributed by atoms with Crippen LogP contribution in [0.1, 0.15) is 31.9 Å². The van der Waals surface area contributed by atoms with E-state index < -0.39 is 6.10 Å². The van der Waals surface area contributed by atoms with E-state index in [1.54, 1.807) is 0 Å². The van der Waals surface area contributed by atoms with Gasteiger partial charge in [-0.25, -0.2) is 0 Å². The molecule has 3 unspecified atom stereocenters. The van der Waals surface area contributed by atoms with Crippen LogP contribution in [-0.2, 0) is 9.47 Å². The summed E-state index contributed by atoms with van der Waals surface area (Å²) in [6, 6.07) is 9.74. The molecule has 1 fully saturated rings. The first-order valence-corrected chi connectivity index (χ1v) is 7.11.